The molecule has 7 nitrogen and oxygen atoms in total. The van der Waals surface area contributed by atoms with E-state index < -0.39 is 11.7 Å². The Bertz CT molecular complexity index is 1050. The molecule has 0 bridgehead atoms. The fraction of sp³-hybridized carbons (Fsp3) is 0.263. The molecule has 4 rings (SSSR count). The van der Waals surface area contributed by atoms with Gasteiger partial charge in [-0.3, -0.25) is 4.79 Å². The highest BCUT2D eigenvalue weighted by molar-refractivity contribution is 9.10. The number of nitrogens with one attached hydrogen (secondary N) is 1. The van der Waals surface area contributed by atoms with E-state index in [1.54, 1.807) is 31.5 Å². The number of hydrogen-bond donors (Lipinski definition) is 1. The van der Waals surface area contributed by atoms with E-state index >= 15 is 0 Å². The summed E-state index contributed by atoms with van der Waals surface area (Å²) in [6, 6.07) is 3.28. The number of halogens is 2. The molecule has 3 heterocycles. The van der Waals surface area contributed by atoms with Crippen LogP contribution >= 0.6 is 15.9 Å². The highest BCUT2D eigenvalue weighted by Crippen LogP contribution is 2.42. The summed E-state index contributed by atoms with van der Waals surface area (Å²) in [5.41, 5.74) is 1.21. The molecule has 0 aliphatic carbocycles. The maximum absolute atomic E-state index is 14.7. The Hall–Kier alpha value is -2.81. The van der Waals surface area contributed by atoms with E-state index in [9.17, 15) is 9.18 Å². The van der Waals surface area contributed by atoms with Gasteiger partial charge in [-0.1, -0.05) is 13.8 Å². The summed E-state index contributed by atoms with van der Waals surface area (Å²) in [6.45, 7) is 5.77. The number of amides is 1. The van der Waals surface area contributed by atoms with Crippen molar-refractivity contribution >= 4 is 33.2 Å². The number of hydrogen-bond acceptors (Lipinski definition) is 5. The van der Waals surface area contributed by atoms with Crippen LogP contribution in [0.5, 0.6) is 17.2 Å². The maximum Gasteiger partial charge on any atom is 0.259 e. The number of aromatic nitrogens is 2. The van der Waals surface area contributed by atoms with Gasteiger partial charge in [0.25, 0.3) is 5.91 Å². The van der Waals surface area contributed by atoms with Crippen molar-refractivity contribution in [2.75, 3.05) is 19.2 Å². The summed E-state index contributed by atoms with van der Waals surface area (Å²) in [7, 11) is 1.33. The van der Waals surface area contributed by atoms with Crippen LogP contribution in [0.1, 0.15) is 29.9 Å². The Morgan fingerprint density at radius 2 is 2.00 bits per heavy atom. The molecule has 0 saturated carbocycles. The van der Waals surface area contributed by atoms with Gasteiger partial charge >= 0.3 is 0 Å². The number of benzene rings is 1. The van der Waals surface area contributed by atoms with Crippen molar-refractivity contribution in [2.45, 2.75) is 20.8 Å². The van der Waals surface area contributed by atoms with E-state index in [0.29, 0.717) is 21.7 Å². The number of pyridine rings is 1. The van der Waals surface area contributed by atoms with Gasteiger partial charge < -0.3 is 23.9 Å². The summed E-state index contributed by atoms with van der Waals surface area (Å²) >= 11 is 3.34. The molecular weight excluding hydrogens is 433 g/mol. The lowest BCUT2D eigenvalue weighted by atomic mass is 10.1. The van der Waals surface area contributed by atoms with Gasteiger partial charge in [0.2, 0.25) is 12.6 Å². The SMILES string of the molecule is CC.COc1c(NC(=O)c2ccc(Br)c3c2OCO3)cn2cc(C)nc2c1F. The zero-order chi connectivity index (χ0) is 20.4. The van der Waals surface area contributed by atoms with Crippen LogP contribution in [0.3, 0.4) is 0 Å². The molecular formula is C19H19BrFN3O4. The van der Waals surface area contributed by atoms with Crippen LogP contribution in [0.2, 0.25) is 0 Å². The molecule has 0 spiro atoms. The molecule has 148 valence electrons. The van der Waals surface area contributed by atoms with Gasteiger partial charge in [-0.2, -0.15) is 4.39 Å². The molecule has 2 aromatic heterocycles. The zero-order valence-corrected chi connectivity index (χ0v) is 17.4. The van der Waals surface area contributed by atoms with Crippen LogP contribution < -0.4 is 19.5 Å². The van der Waals surface area contributed by atoms with Crippen molar-refractivity contribution in [3.8, 4) is 17.2 Å². The highest BCUT2D eigenvalue weighted by atomic mass is 79.9. The average Bonchev–Trinajstić information content (AvgIpc) is 3.31. The topological polar surface area (TPSA) is 74.1 Å². The fourth-order valence-corrected chi connectivity index (χ4v) is 3.24. The van der Waals surface area contributed by atoms with Crippen LogP contribution in [0.25, 0.3) is 5.65 Å². The normalized spacial score (nSPS) is 11.8. The van der Waals surface area contributed by atoms with Crippen molar-refractivity contribution in [1.29, 1.82) is 0 Å². The van der Waals surface area contributed by atoms with Crippen molar-refractivity contribution in [1.82, 2.24) is 9.38 Å². The van der Waals surface area contributed by atoms with Crippen molar-refractivity contribution in [2.24, 2.45) is 0 Å². The Morgan fingerprint density at radius 1 is 1.29 bits per heavy atom. The van der Waals surface area contributed by atoms with Gasteiger partial charge in [0, 0.05) is 12.4 Å². The molecule has 28 heavy (non-hydrogen) atoms. The van der Waals surface area contributed by atoms with E-state index in [4.69, 9.17) is 14.2 Å². The molecule has 0 unspecified atom stereocenters. The first-order chi connectivity index (χ1) is 13.5. The van der Waals surface area contributed by atoms with Crippen molar-refractivity contribution < 1.29 is 23.4 Å². The number of rotatable bonds is 3. The van der Waals surface area contributed by atoms with Crippen molar-refractivity contribution in [3.05, 3.63) is 46.1 Å². The maximum atomic E-state index is 14.7. The van der Waals surface area contributed by atoms with Crippen LogP contribution in [-0.4, -0.2) is 29.2 Å². The fourth-order valence-electron chi connectivity index (χ4n) is 2.82. The molecule has 3 aromatic rings. The van der Waals surface area contributed by atoms with E-state index in [-0.39, 0.29) is 29.4 Å². The second-order valence-electron chi connectivity index (χ2n) is 5.62. The molecule has 1 aliphatic rings. The summed E-state index contributed by atoms with van der Waals surface area (Å²) < 4.78 is 32.7. The van der Waals surface area contributed by atoms with Crippen LogP contribution in [0, 0.1) is 12.7 Å². The summed E-state index contributed by atoms with van der Waals surface area (Å²) in [5, 5.41) is 2.67. The number of methoxy groups -OCH3 is 1. The standard InChI is InChI=1S/C17H13BrFN3O4.C2H6/c1-8-5-22-6-11(15(24-2)12(19)16(22)20-8)21-17(23)9-3-4-10(18)14-13(9)25-7-26-14;1-2/h3-6H,7H2,1-2H3,(H,21,23);1-2H3. The summed E-state index contributed by atoms with van der Waals surface area (Å²) in [5.74, 6) is -0.443. The second-order valence-corrected chi connectivity index (χ2v) is 6.47. The number of carbonyl (C=O) groups excluding carboxylic acids is 1. The average molecular weight is 452 g/mol. The highest BCUT2D eigenvalue weighted by Gasteiger charge is 2.26. The number of carbonyl (C=O) groups is 1. The Morgan fingerprint density at radius 3 is 2.71 bits per heavy atom. The molecule has 0 radical (unpaired) electrons. The zero-order valence-electron chi connectivity index (χ0n) is 15.8. The predicted octanol–water partition coefficient (Wildman–Crippen LogP) is 4.56. The lowest BCUT2D eigenvalue weighted by Gasteiger charge is -2.13. The number of ether oxygens (including phenoxy) is 3. The van der Waals surface area contributed by atoms with Gasteiger partial charge in [0.15, 0.2) is 22.9 Å². The number of fused-ring (bicyclic) bond motifs is 2. The van der Waals surface area contributed by atoms with E-state index in [2.05, 4.69) is 26.2 Å². The smallest absolute Gasteiger partial charge is 0.259 e. The van der Waals surface area contributed by atoms with Gasteiger partial charge in [0.1, 0.15) is 5.69 Å². The monoisotopic (exact) mass is 451 g/mol. The van der Waals surface area contributed by atoms with Gasteiger partial charge in [-0.05, 0) is 35.0 Å². The first-order valence-corrected chi connectivity index (χ1v) is 9.40. The van der Waals surface area contributed by atoms with Crippen LogP contribution in [0.15, 0.2) is 29.0 Å². The lowest BCUT2D eigenvalue weighted by Crippen LogP contribution is -2.14. The Balaban J connectivity index is 0.00000109. The minimum atomic E-state index is -0.654. The largest absolute Gasteiger partial charge is 0.491 e. The van der Waals surface area contributed by atoms with Gasteiger partial charge in [-0.15, -0.1) is 0 Å². The molecule has 1 N–H and O–H groups in total. The second kappa shape index (κ2) is 8.05. The molecule has 1 amide bonds. The summed E-state index contributed by atoms with van der Waals surface area (Å²) in [6.07, 6.45) is 3.20. The number of anilines is 1. The Labute approximate surface area is 169 Å². The third kappa shape index (κ3) is 3.37. The Kier molecular flexibility index (Phi) is 5.73. The predicted molar refractivity (Wildman–Crippen MR) is 106 cm³/mol. The summed E-state index contributed by atoms with van der Waals surface area (Å²) in [4.78, 5) is 16.9. The van der Waals surface area contributed by atoms with Gasteiger partial charge in [-0.25, -0.2) is 4.98 Å². The first kappa shape index (κ1) is 19.9. The quantitative estimate of drug-likeness (QED) is 0.631. The molecule has 9 heteroatoms. The molecule has 1 aliphatic heterocycles. The lowest BCUT2D eigenvalue weighted by molar-refractivity contribution is 0.102. The van der Waals surface area contributed by atoms with Gasteiger partial charge in [0.05, 0.1) is 22.8 Å². The van der Waals surface area contributed by atoms with Crippen LogP contribution in [0.4, 0.5) is 10.1 Å². The molecule has 0 saturated heterocycles. The third-order valence-electron chi connectivity index (χ3n) is 3.93. The van der Waals surface area contributed by atoms with E-state index in [1.807, 2.05) is 13.8 Å². The van der Waals surface area contributed by atoms with E-state index in [0.717, 1.165) is 0 Å². The molecule has 0 atom stereocenters. The molecule has 0 fully saturated rings. The minimum Gasteiger partial charge on any atom is -0.491 e. The number of imidazole rings is 1. The third-order valence-corrected chi connectivity index (χ3v) is 4.55. The minimum absolute atomic E-state index is 0.0243. The van der Waals surface area contributed by atoms with E-state index in [1.165, 1.54) is 11.5 Å². The number of aryl methyl sites for hydroxylation is 1. The van der Waals surface area contributed by atoms with Crippen molar-refractivity contribution in [3.63, 3.8) is 0 Å². The molecule has 1 aromatic carbocycles. The first-order valence-electron chi connectivity index (χ1n) is 8.61. The van der Waals surface area contributed by atoms with Crippen LogP contribution in [-0.2, 0) is 0 Å². The number of nitrogens with zero attached hydrogens (tertiary/aromatic N) is 2.